The predicted molar refractivity (Wildman–Crippen MR) is 95.3 cm³/mol. The highest BCUT2D eigenvalue weighted by atomic mass is 16.6. The number of nitro benzene ring substituents is 1. The molecule has 2 aromatic carbocycles. The lowest BCUT2D eigenvalue weighted by Crippen LogP contribution is -2.17. The summed E-state index contributed by atoms with van der Waals surface area (Å²) in [5.74, 6) is 0.0618. The summed E-state index contributed by atoms with van der Waals surface area (Å²) in [6.07, 6.45) is 0.478. The van der Waals surface area contributed by atoms with Crippen LogP contribution in [0.1, 0.15) is 5.56 Å². The lowest BCUT2D eigenvalue weighted by molar-refractivity contribution is -0.384. The molecule has 2 rings (SSSR count). The summed E-state index contributed by atoms with van der Waals surface area (Å²) in [5.41, 5.74) is 6.21. The molecule has 0 saturated carbocycles. The van der Waals surface area contributed by atoms with Gasteiger partial charge in [0, 0.05) is 31.8 Å². The zero-order chi connectivity index (χ0) is 19.3. The Labute approximate surface area is 149 Å². The van der Waals surface area contributed by atoms with Crippen molar-refractivity contribution in [2.75, 3.05) is 14.1 Å². The summed E-state index contributed by atoms with van der Waals surface area (Å²) < 4.78 is 4.99. The first-order valence-electron chi connectivity index (χ1n) is 7.33. The number of rotatable bonds is 5. The van der Waals surface area contributed by atoms with Gasteiger partial charge < -0.3 is 15.4 Å². The van der Waals surface area contributed by atoms with Gasteiger partial charge in [0.1, 0.15) is 11.8 Å². The SMILES string of the molecule is CN(C)/C=N/c1ccc(OC(N)=O)c(-c2ccc([N+](=O)[O-])cc2)c1C#N. The van der Waals surface area contributed by atoms with Crippen molar-refractivity contribution < 1.29 is 14.5 Å². The number of benzene rings is 2. The summed E-state index contributed by atoms with van der Waals surface area (Å²) in [6, 6.07) is 10.5. The fourth-order valence-electron chi connectivity index (χ4n) is 2.20. The van der Waals surface area contributed by atoms with Crippen LogP contribution in [0, 0.1) is 21.4 Å². The summed E-state index contributed by atoms with van der Waals surface area (Å²) >= 11 is 0. The maximum absolute atomic E-state index is 11.2. The summed E-state index contributed by atoms with van der Waals surface area (Å²) in [7, 11) is 3.55. The van der Waals surface area contributed by atoms with Crippen molar-refractivity contribution in [3.63, 3.8) is 0 Å². The van der Waals surface area contributed by atoms with E-state index in [1.54, 1.807) is 19.0 Å². The first-order chi connectivity index (χ1) is 12.3. The van der Waals surface area contributed by atoms with Gasteiger partial charge in [0.2, 0.25) is 0 Å². The molecule has 0 bridgehead atoms. The van der Waals surface area contributed by atoms with Crippen molar-refractivity contribution >= 4 is 23.8 Å². The van der Waals surface area contributed by atoms with Crippen molar-refractivity contribution in [1.82, 2.24) is 4.90 Å². The zero-order valence-electron chi connectivity index (χ0n) is 14.0. The maximum Gasteiger partial charge on any atom is 0.409 e. The second-order valence-electron chi connectivity index (χ2n) is 5.38. The molecule has 2 aromatic rings. The topological polar surface area (TPSA) is 135 Å². The zero-order valence-corrected chi connectivity index (χ0v) is 14.0. The monoisotopic (exact) mass is 353 g/mol. The summed E-state index contributed by atoms with van der Waals surface area (Å²) in [6.45, 7) is 0. The Kier molecular flexibility index (Phi) is 5.49. The van der Waals surface area contributed by atoms with Gasteiger partial charge in [-0.2, -0.15) is 5.26 Å². The Morgan fingerprint density at radius 3 is 2.46 bits per heavy atom. The van der Waals surface area contributed by atoms with Crippen LogP contribution >= 0.6 is 0 Å². The summed E-state index contributed by atoms with van der Waals surface area (Å²) in [5, 5.41) is 20.4. The number of nitrogens with zero attached hydrogens (tertiary/aromatic N) is 4. The number of nitrogens with two attached hydrogens (primary N) is 1. The van der Waals surface area contributed by atoms with E-state index < -0.39 is 11.0 Å². The van der Waals surface area contributed by atoms with Gasteiger partial charge >= 0.3 is 6.09 Å². The molecule has 132 valence electrons. The van der Waals surface area contributed by atoms with Crippen LogP contribution < -0.4 is 10.5 Å². The molecule has 0 saturated heterocycles. The molecule has 0 aliphatic carbocycles. The van der Waals surface area contributed by atoms with Crippen molar-refractivity contribution in [2.24, 2.45) is 10.7 Å². The molecule has 0 unspecified atom stereocenters. The van der Waals surface area contributed by atoms with Crippen molar-refractivity contribution in [3.8, 4) is 22.9 Å². The molecule has 9 heteroatoms. The lowest BCUT2D eigenvalue weighted by Gasteiger charge is -2.13. The Balaban J connectivity index is 2.69. The van der Waals surface area contributed by atoms with Gasteiger partial charge in [-0.25, -0.2) is 9.79 Å². The molecule has 0 atom stereocenters. The third-order valence-electron chi connectivity index (χ3n) is 3.26. The highest BCUT2D eigenvalue weighted by molar-refractivity contribution is 5.85. The van der Waals surface area contributed by atoms with E-state index in [0.717, 1.165) is 0 Å². The van der Waals surface area contributed by atoms with Crippen LogP contribution in [0.25, 0.3) is 11.1 Å². The third-order valence-corrected chi connectivity index (χ3v) is 3.26. The predicted octanol–water partition coefficient (Wildman–Crippen LogP) is 2.81. The van der Waals surface area contributed by atoms with Gasteiger partial charge in [-0.1, -0.05) is 0 Å². The normalized spacial score (nSPS) is 10.3. The largest absolute Gasteiger partial charge is 0.410 e. The van der Waals surface area contributed by atoms with E-state index in [9.17, 15) is 20.2 Å². The molecule has 0 radical (unpaired) electrons. The number of carbonyl (C=O) groups excluding carboxylic acids is 1. The second kappa shape index (κ2) is 7.76. The Morgan fingerprint density at radius 1 is 1.31 bits per heavy atom. The Morgan fingerprint density at radius 2 is 1.96 bits per heavy atom. The van der Waals surface area contributed by atoms with Crippen LogP contribution in [-0.2, 0) is 0 Å². The van der Waals surface area contributed by atoms with Crippen molar-refractivity contribution in [1.29, 1.82) is 5.26 Å². The number of aliphatic imine (C=N–C) groups is 1. The standard InChI is InChI=1S/C17H15N5O4/c1-21(2)10-20-14-7-8-15(26-17(19)23)16(13(14)9-18)11-3-5-12(6-4-11)22(24)25/h3-8,10H,1-2H3,(H2,19,23)/b20-10+. The molecule has 0 aliphatic rings. The molecule has 0 aromatic heterocycles. The molecule has 0 heterocycles. The van der Waals surface area contributed by atoms with E-state index in [1.165, 1.54) is 42.7 Å². The van der Waals surface area contributed by atoms with Crippen LogP contribution in [0.4, 0.5) is 16.2 Å². The van der Waals surface area contributed by atoms with Gasteiger partial charge in [0.05, 0.1) is 22.5 Å². The highest BCUT2D eigenvalue weighted by Gasteiger charge is 2.18. The molecular formula is C17H15N5O4. The maximum atomic E-state index is 11.2. The number of amides is 1. The van der Waals surface area contributed by atoms with Crippen LogP contribution in [0.5, 0.6) is 5.75 Å². The van der Waals surface area contributed by atoms with E-state index in [-0.39, 0.29) is 22.6 Å². The van der Waals surface area contributed by atoms with Gasteiger partial charge in [0.15, 0.2) is 0 Å². The van der Waals surface area contributed by atoms with Crippen molar-refractivity contribution in [2.45, 2.75) is 0 Å². The van der Waals surface area contributed by atoms with Gasteiger partial charge in [-0.3, -0.25) is 10.1 Å². The van der Waals surface area contributed by atoms with E-state index in [1.807, 2.05) is 6.07 Å². The first kappa shape index (κ1) is 18.4. The number of hydrogen-bond donors (Lipinski definition) is 1. The number of nitriles is 1. The van der Waals surface area contributed by atoms with Crippen LogP contribution in [-0.4, -0.2) is 36.4 Å². The Bertz CT molecular complexity index is 914. The molecule has 0 aliphatic heterocycles. The van der Waals surface area contributed by atoms with Crippen LogP contribution in [0.15, 0.2) is 41.4 Å². The smallest absolute Gasteiger partial charge is 0.409 e. The number of primary amides is 1. The molecular weight excluding hydrogens is 338 g/mol. The quantitative estimate of drug-likeness (QED) is 0.380. The fraction of sp³-hybridized carbons (Fsp3) is 0.118. The minimum Gasteiger partial charge on any atom is -0.410 e. The Hall–Kier alpha value is -3.93. The fourth-order valence-corrected chi connectivity index (χ4v) is 2.20. The van der Waals surface area contributed by atoms with Crippen molar-refractivity contribution in [3.05, 3.63) is 52.1 Å². The molecule has 0 spiro atoms. The van der Waals surface area contributed by atoms with Gasteiger partial charge in [-0.05, 0) is 29.8 Å². The first-order valence-corrected chi connectivity index (χ1v) is 7.33. The van der Waals surface area contributed by atoms with E-state index in [0.29, 0.717) is 11.3 Å². The number of hydrogen-bond acceptors (Lipinski definition) is 6. The third kappa shape index (κ3) is 4.12. The van der Waals surface area contributed by atoms with Crippen LogP contribution in [0.2, 0.25) is 0 Å². The second-order valence-corrected chi connectivity index (χ2v) is 5.38. The molecule has 2 N–H and O–H groups in total. The van der Waals surface area contributed by atoms with E-state index in [4.69, 9.17) is 10.5 Å². The minimum atomic E-state index is -1.04. The molecule has 0 fully saturated rings. The lowest BCUT2D eigenvalue weighted by atomic mass is 9.97. The minimum absolute atomic E-state index is 0.0618. The van der Waals surface area contributed by atoms with Crippen LogP contribution in [0.3, 0.4) is 0 Å². The number of non-ortho nitro benzene ring substituents is 1. The van der Waals surface area contributed by atoms with Gasteiger partial charge in [-0.15, -0.1) is 0 Å². The summed E-state index contributed by atoms with van der Waals surface area (Å²) in [4.78, 5) is 27.4. The molecule has 9 nitrogen and oxygen atoms in total. The number of nitro groups is 1. The molecule has 1 amide bonds. The number of carbonyl (C=O) groups is 1. The van der Waals surface area contributed by atoms with E-state index in [2.05, 4.69) is 4.99 Å². The molecule has 26 heavy (non-hydrogen) atoms. The van der Waals surface area contributed by atoms with Gasteiger partial charge in [0.25, 0.3) is 5.69 Å². The highest BCUT2D eigenvalue weighted by Crippen LogP contribution is 2.39. The van der Waals surface area contributed by atoms with E-state index >= 15 is 0 Å². The average molecular weight is 353 g/mol. The average Bonchev–Trinajstić information content (AvgIpc) is 2.59. The number of ether oxygens (including phenoxy) is 1.